The fourth-order valence-corrected chi connectivity index (χ4v) is 3.67. The minimum atomic E-state index is -0.140. The van der Waals surface area contributed by atoms with E-state index in [4.69, 9.17) is 10.5 Å². The third-order valence-corrected chi connectivity index (χ3v) is 5.15. The lowest BCUT2D eigenvalue weighted by atomic mass is 9.79. The summed E-state index contributed by atoms with van der Waals surface area (Å²) in [5.41, 5.74) is 5.72. The van der Waals surface area contributed by atoms with Gasteiger partial charge in [0.25, 0.3) is 0 Å². The van der Waals surface area contributed by atoms with Gasteiger partial charge in [0.15, 0.2) is 0 Å². The number of hydrogen-bond donors (Lipinski definition) is 1. The van der Waals surface area contributed by atoms with Gasteiger partial charge in [0.2, 0.25) is 0 Å². The monoisotopic (exact) mass is 267 g/mol. The highest BCUT2D eigenvalue weighted by Gasteiger charge is 2.38. The average Bonchev–Trinajstić information content (AvgIpc) is 2.94. The van der Waals surface area contributed by atoms with Crippen molar-refractivity contribution in [3.8, 4) is 0 Å². The van der Waals surface area contributed by atoms with Gasteiger partial charge in [-0.05, 0) is 38.0 Å². The van der Waals surface area contributed by atoms with Crippen LogP contribution in [-0.4, -0.2) is 25.5 Å². The van der Waals surface area contributed by atoms with E-state index in [1.54, 1.807) is 0 Å². The number of carbonyl (C=O) groups is 1. The molecule has 0 radical (unpaired) electrons. The van der Waals surface area contributed by atoms with E-state index in [0.29, 0.717) is 12.3 Å². The van der Waals surface area contributed by atoms with E-state index >= 15 is 0 Å². The van der Waals surface area contributed by atoms with Crippen molar-refractivity contribution < 1.29 is 9.53 Å². The zero-order chi connectivity index (χ0) is 13.6. The van der Waals surface area contributed by atoms with Gasteiger partial charge in [-0.2, -0.15) is 0 Å². The summed E-state index contributed by atoms with van der Waals surface area (Å²) in [6.45, 7) is 2.42. The standard InChI is InChI=1S/C16H29NO2/c17-13-16(9-3-4-10-16)15(18)6-2-1-5-14-7-11-19-12-8-14/h14H,1-13,17H2. The molecule has 2 rings (SSSR count). The fraction of sp³-hybridized carbons (Fsp3) is 0.938. The predicted molar refractivity (Wildman–Crippen MR) is 77.0 cm³/mol. The third kappa shape index (κ3) is 4.03. The Morgan fingerprint density at radius 3 is 2.47 bits per heavy atom. The Morgan fingerprint density at radius 1 is 1.16 bits per heavy atom. The summed E-state index contributed by atoms with van der Waals surface area (Å²) in [4.78, 5) is 12.3. The number of ketones is 1. The lowest BCUT2D eigenvalue weighted by Gasteiger charge is -2.25. The molecule has 19 heavy (non-hydrogen) atoms. The van der Waals surface area contributed by atoms with Crippen molar-refractivity contribution in [3.05, 3.63) is 0 Å². The summed E-state index contributed by atoms with van der Waals surface area (Å²) >= 11 is 0. The van der Waals surface area contributed by atoms with Crippen LogP contribution in [0.4, 0.5) is 0 Å². The van der Waals surface area contributed by atoms with Crippen molar-refractivity contribution >= 4 is 5.78 Å². The Kier molecular flexibility index (Phi) is 5.83. The van der Waals surface area contributed by atoms with Crippen LogP contribution < -0.4 is 5.73 Å². The first-order valence-electron chi connectivity index (χ1n) is 8.08. The molecule has 1 aliphatic heterocycles. The van der Waals surface area contributed by atoms with Crippen molar-refractivity contribution in [2.24, 2.45) is 17.1 Å². The Bertz CT molecular complexity index is 278. The number of nitrogens with two attached hydrogens (primary N) is 1. The predicted octanol–water partition coefficient (Wildman–Crippen LogP) is 3.06. The van der Waals surface area contributed by atoms with Crippen LogP contribution in [0.15, 0.2) is 0 Å². The number of unbranched alkanes of at least 4 members (excludes halogenated alkanes) is 1. The second kappa shape index (κ2) is 7.39. The van der Waals surface area contributed by atoms with Crippen molar-refractivity contribution in [2.75, 3.05) is 19.8 Å². The SMILES string of the molecule is NCC1(C(=O)CCCCC2CCOCC2)CCCC1. The maximum Gasteiger partial charge on any atom is 0.140 e. The molecule has 1 saturated heterocycles. The van der Waals surface area contributed by atoms with E-state index < -0.39 is 0 Å². The number of carbonyl (C=O) groups excluding carboxylic acids is 1. The first-order valence-corrected chi connectivity index (χ1v) is 8.08. The highest BCUT2D eigenvalue weighted by Crippen LogP contribution is 2.39. The lowest BCUT2D eigenvalue weighted by molar-refractivity contribution is -0.128. The van der Waals surface area contributed by atoms with Gasteiger partial charge in [-0.25, -0.2) is 0 Å². The molecule has 0 aromatic heterocycles. The molecule has 0 unspecified atom stereocenters. The topological polar surface area (TPSA) is 52.3 Å². The molecule has 0 atom stereocenters. The quantitative estimate of drug-likeness (QED) is 0.721. The Labute approximate surface area is 117 Å². The molecule has 0 spiro atoms. The van der Waals surface area contributed by atoms with Gasteiger partial charge in [0, 0.05) is 31.6 Å². The van der Waals surface area contributed by atoms with Crippen molar-refractivity contribution in [2.45, 2.75) is 64.2 Å². The minimum Gasteiger partial charge on any atom is -0.381 e. The molecule has 2 aliphatic rings. The van der Waals surface area contributed by atoms with Crippen LogP contribution in [0.2, 0.25) is 0 Å². The second-order valence-electron chi connectivity index (χ2n) is 6.42. The maximum atomic E-state index is 12.3. The van der Waals surface area contributed by atoms with Crippen LogP contribution in [0.1, 0.15) is 64.2 Å². The largest absolute Gasteiger partial charge is 0.381 e. The third-order valence-electron chi connectivity index (χ3n) is 5.15. The van der Waals surface area contributed by atoms with Crippen molar-refractivity contribution in [1.82, 2.24) is 0 Å². The number of Topliss-reactive ketones (excluding diaryl/α,β-unsaturated/α-hetero) is 1. The van der Waals surface area contributed by atoms with Gasteiger partial charge in [0.1, 0.15) is 5.78 Å². The molecule has 1 heterocycles. The van der Waals surface area contributed by atoms with Crippen LogP contribution >= 0.6 is 0 Å². The average molecular weight is 267 g/mol. The van der Waals surface area contributed by atoms with Gasteiger partial charge >= 0.3 is 0 Å². The smallest absolute Gasteiger partial charge is 0.140 e. The molecule has 110 valence electrons. The molecule has 1 aliphatic carbocycles. The lowest BCUT2D eigenvalue weighted by Crippen LogP contribution is -2.35. The zero-order valence-corrected chi connectivity index (χ0v) is 12.2. The van der Waals surface area contributed by atoms with Crippen LogP contribution in [0.5, 0.6) is 0 Å². The molecule has 0 aromatic rings. The molecule has 0 amide bonds. The first-order chi connectivity index (χ1) is 9.27. The Hall–Kier alpha value is -0.410. The van der Waals surface area contributed by atoms with Gasteiger partial charge in [0.05, 0.1) is 0 Å². The van der Waals surface area contributed by atoms with Gasteiger partial charge in [-0.15, -0.1) is 0 Å². The van der Waals surface area contributed by atoms with E-state index in [1.807, 2.05) is 0 Å². The molecular formula is C16H29NO2. The molecule has 3 nitrogen and oxygen atoms in total. The summed E-state index contributed by atoms with van der Waals surface area (Å²) in [6.07, 6.45) is 11.1. The van der Waals surface area contributed by atoms with E-state index in [9.17, 15) is 4.79 Å². The number of hydrogen-bond acceptors (Lipinski definition) is 3. The molecule has 0 bridgehead atoms. The van der Waals surface area contributed by atoms with Gasteiger partial charge < -0.3 is 10.5 Å². The minimum absolute atomic E-state index is 0.140. The van der Waals surface area contributed by atoms with E-state index in [0.717, 1.165) is 44.8 Å². The van der Waals surface area contributed by atoms with Crippen LogP contribution in [0.3, 0.4) is 0 Å². The van der Waals surface area contributed by atoms with Gasteiger partial charge in [-0.1, -0.05) is 25.7 Å². The fourth-order valence-electron chi connectivity index (χ4n) is 3.67. The highest BCUT2D eigenvalue weighted by atomic mass is 16.5. The summed E-state index contributed by atoms with van der Waals surface area (Å²) in [7, 11) is 0. The van der Waals surface area contributed by atoms with Crippen molar-refractivity contribution in [3.63, 3.8) is 0 Å². The summed E-state index contributed by atoms with van der Waals surface area (Å²) in [5, 5.41) is 0. The molecule has 0 aromatic carbocycles. The molecular weight excluding hydrogens is 238 g/mol. The first kappa shape index (κ1) is 15.0. The molecule has 3 heteroatoms. The van der Waals surface area contributed by atoms with E-state index in [2.05, 4.69) is 0 Å². The van der Waals surface area contributed by atoms with Crippen molar-refractivity contribution in [1.29, 1.82) is 0 Å². The summed E-state index contributed by atoms with van der Waals surface area (Å²) in [6, 6.07) is 0. The number of ether oxygens (including phenoxy) is 1. The molecule has 2 fully saturated rings. The Morgan fingerprint density at radius 2 is 1.84 bits per heavy atom. The molecule has 1 saturated carbocycles. The molecule has 2 N–H and O–H groups in total. The van der Waals surface area contributed by atoms with Gasteiger partial charge in [-0.3, -0.25) is 4.79 Å². The summed E-state index contributed by atoms with van der Waals surface area (Å²) < 4.78 is 5.37. The van der Waals surface area contributed by atoms with Crippen LogP contribution in [0.25, 0.3) is 0 Å². The van der Waals surface area contributed by atoms with Crippen LogP contribution in [0, 0.1) is 11.3 Å². The zero-order valence-electron chi connectivity index (χ0n) is 12.2. The van der Waals surface area contributed by atoms with E-state index in [-0.39, 0.29) is 5.41 Å². The van der Waals surface area contributed by atoms with Crippen LogP contribution in [-0.2, 0) is 9.53 Å². The number of rotatable bonds is 7. The summed E-state index contributed by atoms with van der Waals surface area (Å²) in [5.74, 6) is 1.28. The maximum absolute atomic E-state index is 12.3. The second-order valence-corrected chi connectivity index (χ2v) is 6.42. The highest BCUT2D eigenvalue weighted by molar-refractivity contribution is 5.85. The normalized spacial score (nSPS) is 23.6. The van der Waals surface area contributed by atoms with E-state index in [1.165, 1.54) is 38.5 Å². The Balaban J connectivity index is 1.63.